The molecule has 0 saturated carbocycles. The van der Waals surface area contributed by atoms with Crippen LogP contribution in [0, 0.1) is 0 Å². The average Bonchev–Trinajstić information content (AvgIpc) is 2.68. The van der Waals surface area contributed by atoms with E-state index in [1.54, 1.807) is 6.07 Å². The van der Waals surface area contributed by atoms with E-state index in [0.717, 1.165) is 23.5 Å². The number of hydrogen-bond acceptors (Lipinski definition) is 2. The van der Waals surface area contributed by atoms with Crippen molar-refractivity contribution in [1.82, 2.24) is 3.56 Å². The molecule has 0 aliphatic carbocycles. The van der Waals surface area contributed by atoms with Gasteiger partial charge in [-0.2, -0.15) is 0 Å². The molecule has 0 radical (unpaired) electrons. The molecule has 17 heavy (non-hydrogen) atoms. The summed E-state index contributed by atoms with van der Waals surface area (Å²) in [7, 11) is 0. The molecule has 0 unspecified atom stereocenters. The van der Waals surface area contributed by atoms with Crippen LogP contribution in [0.5, 0.6) is 0 Å². The fourth-order valence-corrected chi connectivity index (χ4v) is 3.79. The van der Waals surface area contributed by atoms with Gasteiger partial charge < -0.3 is 0 Å². The Morgan fingerprint density at radius 1 is 1.29 bits per heavy atom. The van der Waals surface area contributed by atoms with E-state index in [-0.39, 0.29) is 26.2 Å². The average molecular weight is 296 g/mol. The summed E-state index contributed by atoms with van der Waals surface area (Å²) in [6.07, 6.45) is 3.52. The number of carbonyl (C=O) groups is 1. The van der Waals surface area contributed by atoms with E-state index < -0.39 is 0 Å². The summed E-state index contributed by atoms with van der Waals surface area (Å²) < 4.78 is 2.46. The molecule has 2 rings (SSSR count). The number of unbranched alkanes of at least 4 members (excludes halogenated alkanes) is 2. The van der Waals surface area contributed by atoms with Crippen LogP contribution < -0.4 is 5.56 Å². The van der Waals surface area contributed by atoms with Crippen LogP contribution in [0.3, 0.4) is 0 Å². The predicted octanol–water partition coefficient (Wildman–Crippen LogP) is 2.28. The fourth-order valence-electron chi connectivity index (χ4n) is 1.76. The first-order chi connectivity index (χ1) is 8.24. The predicted molar refractivity (Wildman–Crippen MR) is 69.9 cm³/mol. The first-order valence-corrected chi connectivity index (χ1v) is 7.50. The Morgan fingerprint density at radius 3 is 2.76 bits per heavy atom. The minimum absolute atomic E-state index is 0.0142. The minimum atomic E-state index is -0.156. The molecule has 0 fully saturated rings. The molecule has 2 aromatic rings. The molecule has 90 valence electrons. The van der Waals surface area contributed by atoms with E-state index >= 15 is 0 Å². The summed E-state index contributed by atoms with van der Waals surface area (Å²) in [5.74, 6) is -0.0142. The monoisotopic (exact) mass is 297 g/mol. The molecule has 0 aliphatic rings. The van der Waals surface area contributed by atoms with Crippen molar-refractivity contribution in [2.45, 2.75) is 32.6 Å². The van der Waals surface area contributed by atoms with Gasteiger partial charge in [-0.15, -0.1) is 0 Å². The third-order valence-electron chi connectivity index (χ3n) is 2.71. The molecular formula is C13H15NO2Se. The van der Waals surface area contributed by atoms with E-state index in [4.69, 9.17) is 0 Å². The third kappa shape index (κ3) is 2.59. The van der Waals surface area contributed by atoms with Gasteiger partial charge in [0, 0.05) is 0 Å². The Balaban J connectivity index is 2.27. The fraction of sp³-hybridized carbons (Fsp3) is 0.385. The van der Waals surface area contributed by atoms with Crippen LogP contribution in [0.25, 0.3) is 9.65 Å². The van der Waals surface area contributed by atoms with Crippen LogP contribution in [-0.2, 0) is 0 Å². The third-order valence-corrected chi connectivity index (χ3v) is 5.03. The van der Waals surface area contributed by atoms with Crippen molar-refractivity contribution >= 4 is 30.3 Å². The Hall–Kier alpha value is -1.12. The summed E-state index contributed by atoms with van der Waals surface area (Å²) in [5.41, 5.74) is -0.109. The summed E-state index contributed by atoms with van der Waals surface area (Å²) in [5, 5.41) is 0.705. The van der Waals surface area contributed by atoms with Gasteiger partial charge in [-0.3, -0.25) is 0 Å². The van der Waals surface area contributed by atoms with E-state index in [9.17, 15) is 9.59 Å². The summed E-state index contributed by atoms with van der Waals surface area (Å²) in [6.45, 7) is 2.10. The van der Waals surface area contributed by atoms with Gasteiger partial charge >= 0.3 is 106 Å². The van der Waals surface area contributed by atoms with Crippen molar-refractivity contribution in [3.63, 3.8) is 0 Å². The van der Waals surface area contributed by atoms with Gasteiger partial charge in [-0.1, -0.05) is 0 Å². The van der Waals surface area contributed by atoms with Gasteiger partial charge in [0.15, 0.2) is 0 Å². The van der Waals surface area contributed by atoms with E-state index in [1.165, 1.54) is 3.56 Å². The van der Waals surface area contributed by atoms with Gasteiger partial charge in [0.25, 0.3) is 0 Å². The molecule has 0 aliphatic heterocycles. The molecule has 1 aromatic heterocycles. The van der Waals surface area contributed by atoms with Crippen molar-refractivity contribution in [3.05, 3.63) is 34.6 Å². The second-order valence-electron chi connectivity index (χ2n) is 4.04. The molecule has 1 heterocycles. The second kappa shape index (κ2) is 5.48. The van der Waals surface area contributed by atoms with Crippen molar-refractivity contribution < 1.29 is 4.79 Å². The zero-order chi connectivity index (χ0) is 12.3. The molecular weight excluding hydrogens is 281 g/mol. The van der Waals surface area contributed by atoms with Gasteiger partial charge in [-0.25, -0.2) is 0 Å². The number of hydrogen-bond donors (Lipinski definition) is 0. The molecule has 0 atom stereocenters. The van der Waals surface area contributed by atoms with E-state index in [0.29, 0.717) is 11.8 Å². The Bertz CT molecular complexity index is 582. The Labute approximate surface area is 106 Å². The first kappa shape index (κ1) is 12.3. The molecule has 0 bridgehead atoms. The number of nitrogens with zero attached hydrogens (tertiary/aromatic N) is 1. The SMILES string of the molecule is CCCCCC(=O)n1[se]c2ccccc2c1=O. The Morgan fingerprint density at radius 2 is 2.06 bits per heavy atom. The van der Waals surface area contributed by atoms with Crippen molar-refractivity contribution in [1.29, 1.82) is 0 Å². The zero-order valence-corrected chi connectivity index (χ0v) is 11.5. The van der Waals surface area contributed by atoms with Crippen LogP contribution in [0.2, 0.25) is 0 Å². The van der Waals surface area contributed by atoms with Gasteiger partial charge in [-0.05, 0) is 0 Å². The topological polar surface area (TPSA) is 39.1 Å². The number of benzene rings is 1. The molecule has 3 nitrogen and oxygen atoms in total. The van der Waals surface area contributed by atoms with Gasteiger partial charge in [0.1, 0.15) is 0 Å². The van der Waals surface area contributed by atoms with Gasteiger partial charge in [0.2, 0.25) is 0 Å². The maximum atomic E-state index is 12.0. The number of aromatic nitrogens is 1. The number of rotatable bonds is 4. The van der Waals surface area contributed by atoms with Crippen molar-refractivity contribution in [3.8, 4) is 0 Å². The first-order valence-electron chi connectivity index (χ1n) is 5.88. The molecule has 0 N–H and O–H groups in total. The second-order valence-corrected chi connectivity index (χ2v) is 6.11. The van der Waals surface area contributed by atoms with Crippen LogP contribution in [0.4, 0.5) is 0 Å². The van der Waals surface area contributed by atoms with Crippen LogP contribution in [-0.4, -0.2) is 24.2 Å². The molecule has 4 heteroatoms. The van der Waals surface area contributed by atoms with Crippen LogP contribution in [0.1, 0.15) is 37.4 Å². The number of carbonyl (C=O) groups excluding carboxylic acids is 1. The number of fused-ring (bicyclic) bond motifs is 1. The van der Waals surface area contributed by atoms with E-state index in [2.05, 4.69) is 6.92 Å². The summed E-state index contributed by atoms with van der Waals surface area (Å²) in [6, 6.07) is 7.50. The maximum absolute atomic E-state index is 12.0. The van der Waals surface area contributed by atoms with Crippen molar-refractivity contribution in [2.24, 2.45) is 0 Å². The Kier molecular flexibility index (Phi) is 3.97. The molecule has 0 spiro atoms. The normalized spacial score (nSPS) is 10.9. The van der Waals surface area contributed by atoms with Gasteiger partial charge in [0.05, 0.1) is 0 Å². The summed E-state index contributed by atoms with van der Waals surface area (Å²) in [4.78, 5) is 23.9. The quantitative estimate of drug-likeness (QED) is 0.641. The molecule has 0 saturated heterocycles. The molecule has 1 aromatic carbocycles. The summed E-state index contributed by atoms with van der Waals surface area (Å²) >= 11 is -0.156. The standard InChI is InChI=1S/C13H15NO2Se/c1-2-3-4-9-12(15)14-13(16)10-7-5-6-8-11(10)17-14/h5-8H,2-4,9H2,1H3. The zero-order valence-electron chi connectivity index (χ0n) is 9.81. The van der Waals surface area contributed by atoms with Crippen molar-refractivity contribution in [2.75, 3.05) is 0 Å². The van der Waals surface area contributed by atoms with E-state index in [1.807, 2.05) is 18.2 Å². The van der Waals surface area contributed by atoms with Crippen LogP contribution >= 0.6 is 0 Å². The molecule has 0 amide bonds. The van der Waals surface area contributed by atoms with Crippen LogP contribution in [0.15, 0.2) is 29.1 Å².